The SMILES string of the molecule is Cc1cc(OCc2ccccc2)ccc1/C(O)=C1\C(=O)C(=O)N(CCCN2CCOCC2)[C@@H]1c1ccc(Cl)c(Cl)c1. The van der Waals surface area contributed by atoms with Crippen LogP contribution in [0.4, 0.5) is 0 Å². The van der Waals surface area contributed by atoms with Crippen LogP contribution < -0.4 is 4.74 Å². The molecule has 41 heavy (non-hydrogen) atoms. The summed E-state index contributed by atoms with van der Waals surface area (Å²) in [4.78, 5) is 30.6. The van der Waals surface area contributed by atoms with Crippen molar-refractivity contribution < 1.29 is 24.2 Å². The van der Waals surface area contributed by atoms with E-state index < -0.39 is 17.7 Å². The first-order valence-electron chi connectivity index (χ1n) is 13.6. The maximum absolute atomic E-state index is 13.4. The van der Waals surface area contributed by atoms with E-state index in [0.717, 1.165) is 25.2 Å². The van der Waals surface area contributed by atoms with Crippen LogP contribution in [0.1, 0.15) is 34.7 Å². The summed E-state index contributed by atoms with van der Waals surface area (Å²) >= 11 is 12.5. The fraction of sp³-hybridized carbons (Fsp3) is 0.312. The third-order valence-corrected chi connectivity index (χ3v) is 8.22. The summed E-state index contributed by atoms with van der Waals surface area (Å²) in [7, 11) is 0. The predicted octanol–water partition coefficient (Wildman–Crippen LogP) is 6.02. The molecule has 0 aliphatic carbocycles. The molecule has 5 rings (SSSR count). The first-order chi connectivity index (χ1) is 19.8. The van der Waals surface area contributed by atoms with Gasteiger partial charge in [-0.3, -0.25) is 14.5 Å². The van der Waals surface area contributed by atoms with E-state index in [1.165, 1.54) is 4.90 Å². The number of Topliss-reactive ketones (excluding diaryl/α,β-unsaturated/α-hetero) is 1. The van der Waals surface area contributed by atoms with E-state index in [1.54, 1.807) is 30.3 Å². The van der Waals surface area contributed by atoms with Crippen molar-refractivity contribution in [2.24, 2.45) is 0 Å². The standard InChI is InChI=1S/C32H32Cl2N2O5/c1-21-18-24(41-20-22-6-3-2-4-7-22)9-10-25(21)30(37)28-29(23-8-11-26(33)27(34)19-23)36(32(39)31(28)38)13-5-12-35-14-16-40-17-15-35/h2-4,6-11,18-19,29,37H,5,12-17,20H2,1H3/b30-28+/t29-/m1/s1. The fourth-order valence-corrected chi connectivity index (χ4v) is 5.61. The second-order valence-electron chi connectivity index (χ2n) is 10.2. The van der Waals surface area contributed by atoms with Crippen molar-refractivity contribution in [3.05, 3.63) is 105 Å². The second kappa shape index (κ2) is 13.1. The van der Waals surface area contributed by atoms with Crippen molar-refractivity contribution in [2.45, 2.75) is 26.0 Å². The Balaban J connectivity index is 1.44. The first kappa shape index (κ1) is 29.1. The molecule has 0 radical (unpaired) electrons. The molecule has 1 amide bonds. The number of amides is 1. The van der Waals surface area contributed by atoms with Crippen molar-refractivity contribution >= 4 is 40.7 Å². The minimum atomic E-state index is -0.803. The van der Waals surface area contributed by atoms with E-state index in [9.17, 15) is 14.7 Å². The quantitative estimate of drug-likeness (QED) is 0.185. The average molecular weight is 596 g/mol. The van der Waals surface area contributed by atoms with Crippen LogP contribution in [0.5, 0.6) is 5.75 Å². The van der Waals surface area contributed by atoms with Crippen LogP contribution >= 0.6 is 23.2 Å². The zero-order chi connectivity index (χ0) is 28.9. The van der Waals surface area contributed by atoms with Crippen LogP contribution in [0.25, 0.3) is 5.76 Å². The number of ether oxygens (including phenoxy) is 2. The van der Waals surface area contributed by atoms with Gasteiger partial charge in [0, 0.05) is 31.7 Å². The van der Waals surface area contributed by atoms with Gasteiger partial charge in [0.1, 0.15) is 18.1 Å². The van der Waals surface area contributed by atoms with Crippen LogP contribution in [0.2, 0.25) is 10.0 Å². The summed E-state index contributed by atoms with van der Waals surface area (Å²) in [5.74, 6) is -0.978. The Morgan fingerprint density at radius 2 is 1.73 bits per heavy atom. The highest BCUT2D eigenvalue weighted by Crippen LogP contribution is 2.41. The molecule has 0 bridgehead atoms. The van der Waals surface area contributed by atoms with Gasteiger partial charge in [0.15, 0.2) is 0 Å². The van der Waals surface area contributed by atoms with Gasteiger partial charge in [-0.1, -0.05) is 59.6 Å². The van der Waals surface area contributed by atoms with Crippen molar-refractivity contribution in [3.63, 3.8) is 0 Å². The number of carbonyl (C=O) groups excluding carboxylic acids is 2. The Morgan fingerprint density at radius 3 is 2.44 bits per heavy atom. The van der Waals surface area contributed by atoms with Gasteiger partial charge in [-0.25, -0.2) is 0 Å². The van der Waals surface area contributed by atoms with Crippen molar-refractivity contribution in [3.8, 4) is 5.75 Å². The molecule has 3 aromatic rings. The summed E-state index contributed by atoms with van der Waals surface area (Å²) in [6, 6.07) is 19.3. The highest BCUT2D eigenvalue weighted by atomic mass is 35.5. The molecule has 2 aliphatic rings. The van der Waals surface area contributed by atoms with Crippen LogP contribution in [0.15, 0.2) is 72.3 Å². The Morgan fingerprint density at radius 1 is 0.976 bits per heavy atom. The van der Waals surface area contributed by atoms with Gasteiger partial charge in [0.25, 0.3) is 11.7 Å². The van der Waals surface area contributed by atoms with Gasteiger partial charge < -0.3 is 19.5 Å². The molecule has 1 N–H and O–H groups in total. The number of morpholine rings is 1. The van der Waals surface area contributed by atoms with E-state index in [0.29, 0.717) is 65.3 Å². The van der Waals surface area contributed by atoms with Gasteiger partial charge in [-0.2, -0.15) is 0 Å². The van der Waals surface area contributed by atoms with E-state index >= 15 is 0 Å². The minimum absolute atomic E-state index is 0.0285. The zero-order valence-corrected chi connectivity index (χ0v) is 24.3. The number of hydrogen-bond donors (Lipinski definition) is 1. The topological polar surface area (TPSA) is 79.3 Å². The number of aliphatic hydroxyl groups excluding tert-OH is 1. The maximum atomic E-state index is 13.4. The monoisotopic (exact) mass is 594 g/mol. The number of likely N-dealkylation sites (tertiary alicyclic amines) is 1. The molecule has 2 aliphatic heterocycles. The molecule has 2 heterocycles. The lowest BCUT2D eigenvalue weighted by Gasteiger charge is -2.29. The number of aliphatic hydroxyl groups is 1. The number of halogens is 2. The third-order valence-electron chi connectivity index (χ3n) is 7.48. The molecule has 1 atom stereocenters. The minimum Gasteiger partial charge on any atom is -0.507 e. The Kier molecular flexibility index (Phi) is 9.30. The Labute approximate surface area is 249 Å². The van der Waals surface area contributed by atoms with Crippen LogP contribution in [-0.2, 0) is 20.9 Å². The molecule has 0 saturated carbocycles. The number of rotatable bonds is 9. The molecule has 7 nitrogen and oxygen atoms in total. The zero-order valence-electron chi connectivity index (χ0n) is 22.8. The molecule has 2 fully saturated rings. The molecule has 214 valence electrons. The van der Waals surface area contributed by atoms with Crippen molar-refractivity contribution in [1.82, 2.24) is 9.80 Å². The summed E-state index contributed by atoms with van der Waals surface area (Å²) < 4.78 is 11.4. The van der Waals surface area contributed by atoms with Crippen molar-refractivity contribution in [2.75, 3.05) is 39.4 Å². The van der Waals surface area contributed by atoms with Crippen molar-refractivity contribution in [1.29, 1.82) is 0 Å². The number of ketones is 1. The van der Waals surface area contributed by atoms with E-state index in [1.807, 2.05) is 43.3 Å². The van der Waals surface area contributed by atoms with Gasteiger partial charge in [0.05, 0.1) is 34.9 Å². The number of benzene rings is 3. The summed E-state index contributed by atoms with van der Waals surface area (Å²) in [5.41, 5.74) is 2.83. The number of carbonyl (C=O) groups is 2. The smallest absolute Gasteiger partial charge is 0.295 e. The Hall–Kier alpha value is -3.36. The van der Waals surface area contributed by atoms with Crippen LogP contribution in [0.3, 0.4) is 0 Å². The number of hydrogen-bond acceptors (Lipinski definition) is 6. The second-order valence-corrected chi connectivity index (χ2v) is 11.0. The highest BCUT2D eigenvalue weighted by Gasteiger charge is 2.46. The normalized spacial score (nSPS) is 19.1. The van der Waals surface area contributed by atoms with Gasteiger partial charge in [-0.05, 0) is 60.4 Å². The molecule has 0 unspecified atom stereocenters. The lowest BCUT2D eigenvalue weighted by molar-refractivity contribution is -0.140. The van der Waals surface area contributed by atoms with E-state index in [4.69, 9.17) is 32.7 Å². The van der Waals surface area contributed by atoms with Crippen LogP contribution in [0, 0.1) is 6.92 Å². The predicted molar refractivity (Wildman–Crippen MR) is 159 cm³/mol. The summed E-state index contributed by atoms with van der Waals surface area (Å²) in [6.45, 7) is 6.37. The summed E-state index contributed by atoms with van der Waals surface area (Å²) in [6.07, 6.45) is 0.664. The lowest BCUT2D eigenvalue weighted by atomic mass is 9.94. The largest absolute Gasteiger partial charge is 0.507 e. The maximum Gasteiger partial charge on any atom is 0.295 e. The molecule has 3 aromatic carbocycles. The number of nitrogens with zero attached hydrogens (tertiary/aromatic N) is 2. The first-order valence-corrected chi connectivity index (χ1v) is 14.4. The van der Waals surface area contributed by atoms with Gasteiger partial charge in [-0.15, -0.1) is 0 Å². The van der Waals surface area contributed by atoms with Gasteiger partial charge in [0.2, 0.25) is 0 Å². The molecule has 9 heteroatoms. The molecular weight excluding hydrogens is 563 g/mol. The van der Waals surface area contributed by atoms with Gasteiger partial charge >= 0.3 is 0 Å². The fourth-order valence-electron chi connectivity index (χ4n) is 5.31. The van der Waals surface area contributed by atoms with E-state index in [2.05, 4.69) is 4.90 Å². The molecule has 0 spiro atoms. The number of aryl methyl sites for hydroxylation is 1. The summed E-state index contributed by atoms with van der Waals surface area (Å²) in [5, 5.41) is 12.2. The molecular formula is C32H32Cl2N2O5. The molecule has 2 saturated heterocycles. The Bertz CT molecular complexity index is 1450. The van der Waals surface area contributed by atoms with Crippen LogP contribution in [-0.4, -0.2) is 66.0 Å². The molecule has 0 aromatic heterocycles. The highest BCUT2D eigenvalue weighted by molar-refractivity contribution is 6.47. The average Bonchev–Trinajstić information content (AvgIpc) is 3.23. The van der Waals surface area contributed by atoms with E-state index in [-0.39, 0.29) is 11.3 Å². The lowest BCUT2D eigenvalue weighted by Crippen LogP contribution is -2.38. The third kappa shape index (κ3) is 6.60.